The van der Waals surface area contributed by atoms with Gasteiger partial charge < -0.3 is 19.3 Å². The Hall–Kier alpha value is -7.04. The van der Waals surface area contributed by atoms with E-state index in [4.69, 9.17) is 0 Å². The summed E-state index contributed by atoms with van der Waals surface area (Å²) in [5.74, 6) is 0.438. The number of nitrogens with zero attached hydrogens (tertiary/aromatic N) is 4. The Morgan fingerprint density at radius 1 is 0.633 bits per heavy atom. The molecule has 288 valence electrons. The first-order valence-corrected chi connectivity index (χ1v) is 21.6. The fourth-order valence-corrected chi connectivity index (χ4v) is 11.5. The van der Waals surface area contributed by atoms with E-state index in [-0.39, 0.29) is 17.9 Å². The predicted molar refractivity (Wildman–Crippen MR) is 251 cm³/mol. The first-order chi connectivity index (χ1) is 29.7. The fourth-order valence-electron chi connectivity index (χ4n) is 11.5. The van der Waals surface area contributed by atoms with Gasteiger partial charge in [-0.25, -0.2) is 0 Å². The molecular weight excluding hydrogens is 729 g/mol. The molecule has 1 aromatic heterocycles. The molecule has 4 nitrogen and oxygen atoms in total. The lowest BCUT2D eigenvalue weighted by atomic mass is 9.81. The summed E-state index contributed by atoms with van der Waals surface area (Å²) in [5, 5.41) is 2.66. The highest BCUT2D eigenvalue weighted by Crippen LogP contribution is 2.62. The summed E-state index contributed by atoms with van der Waals surface area (Å²) in [6.07, 6.45) is 22.1. The molecule has 3 atom stereocenters. The van der Waals surface area contributed by atoms with Crippen LogP contribution < -0.4 is 14.7 Å². The van der Waals surface area contributed by atoms with Gasteiger partial charge in [-0.3, -0.25) is 0 Å². The molecule has 3 unspecified atom stereocenters. The summed E-state index contributed by atoms with van der Waals surface area (Å²) in [6, 6.07) is 47.8. The maximum absolute atomic E-state index is 2.67. The molecule has 0 spiro atoms. The standard InChI is InChI=1S/C56H44N4/c1-35-17-9-13-25-45(35)57(37-19-5-3-6-20-37)49-31-29-39-43-33-52-44(34-51(43)59-47-27-15-11-23-41(47)53(49)55(39)59)40-30-32-50(54-42-24-12-16-28-48(42)60(52)56(40)54)58(38-21-7-4-8-22-38)46-26-14-10-18-36(46)2/h3,5-7,9-23,25-34,42,53,55H,4,8,24H2,1-2H3. The molecule has 0 N–H and O–H groups in total. The van der Waals surface area contributed by atoms with Crippen molar-refractivity contribution in [1.29, 1.82) is 0 Å². The minimum absolute atomic E-state index is 0.155. The highest BCUT2D eigenvalue weighted by atomic mass is 15.3. The third-order valence-corrected chi connectivity index (χ3v) is 14.0. The lowest BCUT2D eigenvalue weighted by molar-refractivity contribution is 0.725. The van der Waals surface area contributed by atoms with Crippen molar-refractivity contribution in [2.45, 2.75) is 51.0 Å². The number of benzene rings is 6. The Kier molecular flexibility index (Phi) is 7.19. The van der Waals surface area contributed by atoms with Gasteiger partial charge in [-0.15, -0.1) is 0 Å². The molecule has 0 bridgehead atoms. The molecule has 6 aliphatic rings. The molecule has 60 heavy (non-hydrogen) atoms. The first kappa shape index (κ1) is 33.9. The summed E-state index contributed by atoms with van der Waals surface area (Å²) in [7, 11) is 0. The van der Waals surface area contributed by atoms with Crippen LogP contribution in [-0.4, -0.2) is 10.6 Å². The van der Waals surface area contributed by atoms with Crippen molar-refractivity contribution in [2.24, 2.45) is 0 Å². The quantitative estimate of drug-likeness (QED) is 0.167. The number of aromatic nitrogens is 1. The lowest BCUT2D eigenvalue weighted by Gasteiger charge is -2.37. The molecule has 0 amide bonds. The summed E-state index contributed by atoms with van der Waals surface area (Å²) in [6.45, 7) is 4.48. The summed E-state index contributed by atoms with van der Waals surface area (Å²) >= 11 is 0. The molecule has 6 aromatic carbocycles. The maximum Gasteiger partial charge on any atom is 0.0723 e. The Balaban J connectivity index is 1.05. The van der Waals surface area contributed by atoms with Gasteiger partial charge in [0, 0.05) is 67.7 Å². The molecule has 0 saturated heterocycles. The summed E-state index contributed by atoms with van der Waals surface area (Å²) in [4.78, 5) is 7.73. The average Bonchev–Trinajstić information content (AvgIpc) is 4.02. The van der Waals surface area contributed by atoms with Crippen molar-refractivity contribution in [3.05, 3.63) is 215 Å². The Morgan fingerprint density at radius 3 is 2.20 bits per heavy atom. The van der Waals surface area contributed by atoms with Gasteiger partial charge in [0.1, 0.15) is 0 Å². The molecule has 4 heteroatoms. The van der Waals surface area contributed by atoms with Crippen LogP contribution >= 0.6 is 0 Å². The summed E-state index contributed by atoms with van der Waals surface area (Å²) in [5.41, 5.74) is 22.3. The zero-order chi connectivity index (χ0) is 39.6. The van der Waals surface area contributed by atoms with Crippen molar-refractivity contribution in [3.8, 4) is 0 Å². The Bertz CT molecular complexity index is 3190. The molecule has 4 heterocycles. The van der Waals surface area contributed by atoms with Gasteiger partial charge in [0.05, 0.1) is 34.4 Å². The van der Waals surface area contributed by atoms with Crippen LogP contribution in [0.3, 0.4) is 0 Å². The van der Waals surface area contributed by atoms with E-state index in [9.17, 15) is 0 Å². The number of para-hydroxylation sites is 4. The van der Waals surface area contributed by atoms with Gasteiger partial charge in [-0.05, 0) is 122 Å². The van der Waals surface area contributed by atoms with E-state index in [1.165, 1.54) is 106 Å². The number of anilines is 6. The van der Waals surface area contributed by atoms with E-state index in [2.05, 4.69) is 209 Å². The average molecular weight is 773 g/mol. The van der Waals surface area contributed by atoms with Crippen LogP contribution in [0.25, 0.3) is 33.1 Å². The minimum Gasteiger partial charge on any atom is -0.332 e. The van der Waals surface area contributed by atoms with Crippen molar-refractivity contribution in [3.63, 3.8) is 0 Å². The molecule has 3 aliphatic heterocycles. The maximum atomic E-state index is 2.67. The third-order valence-electron chi connectivity index (χ3n) is 14.0. The lowest BCUT2D eigenvalue weighted by Crippen LogP contribution is -2.33. The summed E-state index contributed by atoms with van der Waals surface area (Å²) < 4.78 is 2.63. The van der Waals surface area contributed by atoms with Crippen LogP contribution in [0.4, 0.5) is 34.1 Å². The molecule has 0 saturated carbocycles. The van der Waals surface area contributed by atoms with Gasteiger partial charge >= 0.3 is 0 Å². The van der Waals surface area contributed by atoms with Crippen LogP contribution in [0.15, 0.2) is 187 Å². The Labute approximate surface area is 351 Å². The van der Waals surface area contributed by atoms with Crippen LogP contribution in [0.5, 0.6) is 0 Å². The minimum atomic E-state index is 0.155. The van der Waals surface area contributed by atoms with E-state index in [0.29, 0.717) is 0 Å². The van der Waals surface area contributed by atoms with Crippen LogP contribution in [0, 0.1) is 13.8 Å². The predicted octanol–water partition coefficient (Wildman–Crippen LogP) is 14.4. The SMILES string of the molecule is Cc1ccccc1N(C1=CC=C2c3cc4c(cc3N3c5ccccc5C1C23)c1ccc(N(C2=CCCC=C2)c2ccccc2C)c2c1n4C1=CC=CCC12)c1ccccc1. The van der Waals surface area contributed by atoms with Gasteiger partial charge in [0.25, 0.3) is 0 Å². The topological polar surface area (TPSA) is 14.7 Å². The van der Waals surface area contributed by atoms with Crippen molar-refractivity contribution in [2.75, 3.05) is 14.7 Å². The number of aryl methyl sites for hydroxylation is 2. The number of fused-ring (bicyclic) bond motifs is 12. The van der Waals surface area contributed by atoms with Gasteiger partial charge in [0.15, 0.2) is 0 Å². The molecule has 0 radical (unpaired) electrons. The van der Waals surface area contributed by atoms with E-state index >= 15 is 0 Å². The number of rotatable bonds is 6. The normalized spacial score (nSPS) is 20.0. The van der Waals surface area contributed by atoms with Crippen molar-refractivity contribution < 1.29 is 0 Å². The zero-order valence-corrected chi connectivity index (χ0v) is 33.9. The molecule has 3 aliphatic carbocycles. The van der Waals surface area contributed by atoms with Crippen LogP contribution in [0.1, 0.15) is 58.9 Å². The highest BCUT2D eigenvalue weighted by Gasteiger charge is 2.51. The first-order valence-electron chi connectivity index (χ1n) is 21.6. The van der Waals surface area contributed by atoms with E-state index in [0.717, 1.165) is 19.3 Å². The molecular formula is C56H44N4. The van der Waals surface area contributed by atoms with Crippen LogP contribution in [0.2, 0.25) is 0 Å². The Morgan fingerprint density at radius 2 is 1.40 bits per heavy atom. The third kappa shape index (κ3) is 4.56. The van der Waals surface area contributed by atoms with Crippen molar-refractivity contribution in [1.82, 2.24) is 4.57 Å². The van der Waals surface area contributed by atoms with Crippen molar-refractivity contribution >= 4 is 67.2 Å². The molecule has 13 rings (SSSR count). The number of hydrogen-bond donors (Lipinski definition) is 0. The fraction of sp³-hybridized carbons (Fsp3) is 0.143. The second kappa shape index (κ2) is 12.7. The van der Waals surface area contributed by atoms with E-state index < -0.39 is 0 Å². The monoisotopic (exact) mass is 772 g/mol. The zero-order valence-electron chi connectivity index (χ0n) is 33.9. The highest BCUT2D eigenvalue weighted by molar-refractivity contribution is 6.18. The largest absolute Gasteiger partial charge is 0.332 e. The molecule has 7 aromatic rings. The van der Waals surface area contributed by atoms with Crippen LogP contribution in [-0.2, 0) is 0 Å². The second-order valence-corrected chi connectivity index (χ2v) is 17.2. The number of allylic oxidation sites excluding steroid dienone is 9. The number of hydrogen-bond acceptors (Lipinski definition) is 3. The molecule has 0 fully saturated rings. The second-order valence-electron chi connectivity index (χ2n) is 17.2. The smallest absolute Gasteiger partial charge is 0.0723 e. The van der Waals surface area contributed by atoms with Gasteiger partial charge in [-0.1, -0.05) is 109 Å². The van der Waals surface area contributed by atoms with Gasteiger partial charge in [0.2, 0.25) is 0 Å². The van der Waals surface area contributed by atoms with Gasteiger partial charge in [-0.2, -0.15) is 0 Å². The van der Waals surface area contributed by atoms with E-state index in [1.54, 1.807) is 0 Å². The van der Waals surface area contributed by atoms with E-state index in [1.807, 2.05) is 0 Å².